The van der Waals surface area contributed by atoms with Crippen molar-refractivity contribution in [1.29, 1.82) is 0 Å². The average Bonchev–Trinajstić information content (AvgIpc) is 2.98. The third-order valence-electron chi connectivity index (χ3n) is 4.04. The molecule has 3 rings (SSSR count). The van der Waals surface area contributed by atoms with Gasteiger partial charge in [-0.3, -0.25) is 0 Å². The molecule has 0 spiro atoms. The van der Waals surface area contributed by atoms with E-state index in [1.165, 1.54) is 5.56 Å². The first-order valence-corrected chi connectivity index (χ1v) is 8.16. The van der Waals surface area contributed by atoms with Gasteiger partial charge >= 0.3 is 0 Å². The molecule has 126 valence electrons. The van der Waals surface area contributed by atoms with Crippen LogP contribution in [0.15, 0.2) is 48.5 Å². The highest BCUT2D eigenvalue weighted by molar-refractivity contribution is 5.75. The lowest BCUT2D eigenvalue weighted by Gasteiger charge is -2.15. The van der Waals surface area contributed by atoms with Crippen molar-refractivity contribution in [2.24, 2.45) is 0 Å². The number of aliphatic hydroxyl groups excluding tert-OH is 2. The molecule has 0 aliphatic heterocycles. The van der Waals surface area contributed by atoms with Crippen molar-refractivity contribution in [3.05, 3.63) is 59.9 Å². The summed E-state index contributed by atoms with van der Waals surface area (Å²) in [5.41, 5.74) is 2.96. The van der Waals surface area contributed by atoms with Crippen LogP contribution in [0.1, 0.15) is 18.3 Å². The normalized spacial score (nSPS) is 12.5. The maximum atomic E-state index is 10.3. The van der Waals surface area contributed by atoms with Crippen LogP contribution in [-0.2, 0) is 19.6 Å². The van der Waals surface area contributed by atoms with Crippen molar-refractivity contribution < 1.29 is 14.9 Å². The summed E-state index contributed by atoms with van der Waals surface area (Å²) in [6.07, 6.45) is 0.291. The van der Waals surface area contributed by atoms with Crippen molar-refractivity contribution in [2.45, 2.75) is 32.6 Å². The quantitative estimate of drug-likeness (QED) is 0.700. The monoisotopic (exact) mass is 326 g/mol. The molecule has 1 aromatic heterocycles. The van der Waals surface area contributed by atoms with Gasteiger partial charge in [0.15, 0.2) is 0 Å². The molecule has 0 amide bonds. The second kappa shape index (κ2) is 7.47. The van der Waals surface area contributed by atoms with Gasteiger partial charge in [-0.2, -0.15) is 0 Å². The molecule has 24 heavy (non-hydrogen) atoms. The molecule has 0 fully saturated rings. The Morgan fingerprint density at radius 3 is 2.58 bits per heavy atom. The van der Waals surface area contributed by atoms with Gasteiger partial charge in [0, 0.05) is 0 Å². The Hall–Kier alpha value is -2.37. The van der Waals surface area contributed by atoms with Crippen molar-refractivity contribution in [3.8, 4) is 5.75 Å². The van der Waals surface area contributed by atoms with E-state index in [-0.39, 0.29) is 13.2 Å². The van der Waals surface area contributed by atoms with Gasteiger partial charge in [-0.15, -0.1) is 0 Å². The van der Waals surface area contributed by atoms with Crippen LogP contribution in [0.3, 0.4) is 0 Å². The van der Waals surface area contributed by atoms with Gasteiger partial charge < -0.3 is 19.5 Å². The summed E-state index contributed by atoms with van der Waals surface area (Å²) in [6, 6.07) is 15.5. The zero-order chi connectivity index (χ0) is 16.9. The van der Waals surface area contributed by atoms with Crippen LogP contribution < -0.4 is 4.74 Å². The fourth-order valence-electron chi connectivity index (χ4n) is 2.73. The smallest absolute Gasteiger partial charge is 0.135 e. The lowest BCUT2D eigenvalue weighted by molar-refractivity contribution is 0.0915. The number of rotatable bonds is 7. The summed E-state index contributed by atoms with van der Waals surface area (Å²) in [5, 5.41) is 19.8. The van der Waals surface area contributed by atoms with Crippen LogP contribution >= 0.6 is 0 Å². The predicted octanol–water partition coefficient (Wildman–Crippen LogP) is 2.53. The number of para-hydroxylation sites is 2. The molecule has 5 heteroatoms. The molecule has 5 nitrogen and oxygen atoms in total. The minimum Gasteiger partial charge on any atom is -0.491 e. The molecule has 0 radical (unpaired) electrons. The standard InChI is InChI=1S/C19H22N2O3/c1-2-14-7-9-16(10-8-14)24-13-15(23)11-21-18-6-4-3-5-17(18)20-19(21)12-22/h3-10,15,22-23H,2,11-13H2,1H3/t15-/m1/s1. The summed E-state index contributed by atoms with van der Waals surface area (Å²) in [7, 11) is 0. The zero-order valence-electron chi connectivity index (χ0n) is 13.7. The number of hydrogen-bond donors (Lipinski definition) is 2. The van der Waals surface area contributed by atoms with E-state index in [0.717, 1.165) is 23.2 Å². The van der Waals surface area contributed by atoms with Crippen molar-refractivity contribution >= 4 is 11.0 Å². The Bertz CT molecular complexity index is 796. The molecular weight excluding hydrogens is 304 g/mol. The Kier molecular flexibility index (Phi) is 5.13. The van der Waals surface area contributed by atoms with E-state index in [2.05, 4.69) is 11.9 Å². The Balaban J connectivity index is 1.67. The summed E-state index contributed by atoms with van der Waals surface area (Å²) >= 11 is 0. The van der Waals surface area contributed by atoms with E-state index in [0.29, 0.717) is 12.4 Å². The minimum absolute atomic E-state index is 0.166. The Labute approximate surface area is 141 Å². The third-order valence-corrected chi connectivity index (χ3v) is 4.04. The Morgan fingerprint density at radius 2 is 1.88 bits per heavy atom. The molecule has 0 unspecified atom stereocenters. The second-order valence-electron chi connectivity index (χ2n) is 5.75. The van der Waals surface area contributed by atoms with Crippen LogP contribution in [0, 0.1) is 0 Å². The zero-order valence-corrected chi connectivity index (χ0v) is 13.7. The molecule has 0 saturated carbocycles. The van der Waals surface area contributed by atoms with Crippen LogP contribution in [0.25, 0.3) is 11.0 Å². The molecule has 2 N–H and O–H groups in total. The van der Waals surface area contributed by atoms with Gasteiger partial charge in [-0.05, 0) is 36.2 Å². The molecule has 0 aliphatic rings. The van der Waals surface area contributed by atoms with Crippen molar-refractivity contribution in [3.63, 3.8) is 0 Å². The van der Waals surface area contributed by atoms with Crippen molar-refractivity contribution in [1.82, 2.24) is 9.55 Å². The molecule has 0 saturated heterocycles. The lowest BCUT2D eigenvalue weighted by atomic mass is 10.2. The number of nitrogens with zero attached hydrogens (tertiary/aromatic N) is 2. The van der Waals surface area contributed by atoms with Gasteiger partial charge in [0.05, 0.1) is 17.6 Å². The number of aryl methyl sites for hydroxylation is 1. The van der Waals surface area contributed by atoms with Gasteiger partial charge in [-0.1, -0.05) is 31.2 Å². The maximum absolute atomic E-state index is 10.3. The number of imidazole rings is 1. The third kappa shape index (κ3) is 3.58. The molecule has 1 atom stereocenters. The van der Waals surface area contributed by atoms with E-state index in [4.69, 9.17) is 4.74 Å². The summed E-state index contributed by atoms with van der Waals surface area (Å²) in [4.78, 5) is 4.38. The lowest BCUT2D eigenvalue weighted by Crippen LogP contribution is -2.24. The summed E-state index contributed by atoms with van der Waals surface area (Å²) in [5.74, 6) is 1.28. The topological polar surface area (TPSA) is 67.5 Å². The van der Waals surface area contributed by atoms with Crippen LogP contribution in [0.5, 0.6) is 5.75 Å². The van der Waals surface area contributed by atoms with Gasteiger partial charge in [0.25, 0.3) is 0 Å². The molecular formula is C19H22N2O3. The first-order chi connectivity index (χ1) is 11.7. The number of ether oxygens (including phenoxy) is 1. The van der Waals surface area contributed by atoms with Crippen molar-refractivity contribution in [2.75, 3.05) is 6.61 Å². The molecule has 0 aliphatic carbocycles. The van der Waals surface area contributed by atoms with Gasteiger partial charge in [-0.25, -0.2) is 4.98 Å². The number of hydrogen-bond acceptors (Lipinski definition) is 4. The molecule has 0 bridgehead atoms. The number of benzene rings is 2. The molecule has 2 aromatic carbocycles. The van der Waals surface area contributed by atoms with E-state index < -0.39 is 6.10 Å². The van der Waals surface area contributed by atoms with E-state index >= 15 is 0 Å². The minimum atomic E-state index is -0.696. The van der Waals surface area contributed by atoms with Crippen LogP contribution in [-0.4, -0.2) is 32.5 Å². The number of fused-ring (bicyclic) bond motifs is 1. The SMILES string of the molecule is CCc1ccc(OC[C@H](O)Cn2c(CO)nc3ccccc32)cc1. The molecule has 1 heterocycles. The van der Waals surface area contributed by atoms with Crippen LogP contribution in [0.4, 0.5) is 0 Å². The highest BCUT2D eigenvalue weighted by Gasteiger charge is 2.14. The first-order valence-electron chi connectivity index (χ1n) is 8.16. The fourth-order valence-corrected chi connectivity index (χ4v) is 2.73. The Morgan fingerprint density at radius 1 is 1.12 bits per heavy atom. The highest BCUT2D eigenvalue weighted by atomic mass is 16.5. The fraction of sp³-hybridized carbons (Fsp3) is 0.316. The predicted molar refractivity (Wildman–Crippen MR) is 93.0 cm³/mol. The highest BCUT2D eigenvalue weighted by Crippen LogP contribution is 2.17. The van der Waals surface area contributed by atoms with Gasteiger partial charge in [0.1, 0.15) is 30.9 Å². The van der Waals surface area contributed by atoms with E-state index in [9.17, 15) is 10.2 Å². The summed E-state index contributed by atoms with van der Waals surface area (Å²) in [6.45, 7) is 2.45. The van der Waals surface area contributed by atoms with E-state index in [1.807, 2.05) is 53.1 Å². The van der Waals surface area contributed by atoms with Crippen LogP contribution in [0.2, 0.25) is 0 Å². The first kappa shape index (κ1) is 16.5. The maximum Gasteiger partial charge on any atom is 0.135 e. The largest absolute Gasteiger partial charge is 0.491 e. The second-order valence-corrected chi connectivity index (χ2v) is 5.75. The van der Waals surface area contributed by atoms with E-state index in [1.54, 1.807) is 0 Å². The summed E-state index contributed by atoms with van der Waals surface area (Å²) < 4.78 is 7.49. The number of aliphatic hydroxyl groups is 2. The average molecular weight is 326 g/mol. The number of aromatic nitrogens is 2. The molecule has 3 aromatic rings. The van der Waals surface area contributed by atoms with Gasteiger partial charge in [0.2, 0.25) is 0 Å².